The molecule has 0 aromatic carbocycles. The second-order valence-corrected chi connectivity index (χ2v) is 3.34. The van der Waals surface area contributed by atoms with Gasteiger partial charge in [0.2, 0.25) is 0 Å². The lowest BCUT2D eigenvalue weighted by molar-refractivity contribution is -0.211. The quantitative estimate of drug-likeness (QED) is 0.602. The molecule has 1 fully saturated rings. The van der Waals surface area contributed by atoms with Crippen molar-refractivity contribution in [3.8, 4) is 0 Å². The van der Waals surface area contributed by atoms with Gasteiger partial charge < -0.3 is 4.74 Å². The molecule has 0 saturated carbocycles. The second-order valence-electron chi connectivity index (χ2n) is 3.34. The molecule has 90 valence electrons. The maximum atomic E-state index is 13.4. The monoisotopic (exact) mass is 236 g/mol. The van der Waals surface area contributed by atoms with Gasteiger partial charge in [0.05, 0.1) is 0 Å². The Bertz CT molecular complexity index is 358. The minimum atomic E-state index is -3.94. The number of amides is 3. The predicted molar refractivity (Wildman–Crippen MR) is 46.4 cm³/mol. The van der Waals surface area contributed by atoms with Crippen molar-refractivity contribution in [3.63, 3.8) is 0 Å². The summed E-state index contributed by atoms with van der Waals surface area (Å²) in [6.45, 7) is 0.914. The molecule has 1 saturated heterocycles. The zero-order valence-corrected chi connectivity index (χ0v) is 8.86. The number of imide groups is 1. The Hall–Kier alpha value is -1.73. The normalized spacial score (nSPS) is 24.7. The minimum Gasteiger partial charge on any atom is -0.434 e. The lowest BCUT2D eigenvalue weighted by Gasteiger charge is -2.39. The maximum absolute atomic E-state index is 13.4. The van der Waals surface area contributed by atoms with Gasteiger partial charge in [0.25, 0.3) is 6.23 Å². The average molecular weight is 236 g/mol. The largest absolute Gasteiger partial charge is 0.434 e. The molecule has 0 aliphatic carbocycles. The molecule has 0 N–H and O–H groups in total. The number of rotatable bonds is 1. The summed E-state index contributed by atoms with van der Waals surface area (Å²) in [5, 5.41) is 0. The Morgan fingerprint density at radius 2 is 1.88 bits per heavy atom. The Balaban J connectivity index is 3.09. The lowest BCUT2D eigenvalue weighted by atomic mass is 10.2. The summed E-state index contributed by atoms with van der Waals surface area (Å²) in [4.78, 5) is 33.9. The molecule has 3 amide bonds. The standard InChI is InChI=1S/C8H10F2N2O4/c1-4(13)16-6-8(9,10)5(14)11(2)7(15)12(6)3/h6H,1-3H3. The molecule has 1 atom stereocenters. The molecular weight excluding hydrogens is 226 g/mol. The SMILES string of the molecule is CC(=O)OC1N(C)C(=O)N(C)C(=O)C1(F)F. The van der Waals surface area contributed by atoms with E-state index < -0.39 is 30.1 Å². The molecule has 0 spiro atoms. The van der Waals surface area contributed by atoms with Crippen molar-refractivity contribution >= 4 is 17.9 Å². The van der Waals surface area contributed by atoms with Crippen LogP contribution in [0.25, 0.3) is 0 Å². The van der Waals surface area contributed by atoms with E-state index in [1.807, 2.05) is 0 Å². The molecule has 1 rings (SSSR count). The zero-order chi connectivity index (χ0) is 12.7. The average Bonchev–Trinajstić information content (AvgIpc) is 2.19. The minimum absolute atomic E-state index is 0.278. The van der Waals surface area contributed by atoms with Crippen LogP contribution in [0.2, 0.25) is 0 Å². The van der Waals surface area contributed by atoms with Gasteiger partial charge >= 0.3 is 23.8 Å². The third-order valence-electron chi connectivity index (χ3n) is 2.12. The Morgan fingerprint density at radius 3 is 2.31 bits per heavy atom. The Morgan fingerprint density at radius 1 is 1.38 bits per heavy atom. The highest BCUT2D eigenvalue weighted by Gasteiger charge is 2.59. The number of carbonyl (C=O) groups is 3. The number of nitrogens with zero attached hydrogens (tertiary/aromatic N) is 2. The zero-order valence-electron chi connectivity index (χ0n) is 8.86. The van der Waals surface area contributed by atoms with Gasteiger partial charge in [-0.1, -0.05) is 0 Å². The highest BCUT2D eigenvalue weighted by Crippen LogP contribution is 2.30. The highest BCUT2D eigenvalue weighted by molar-refractivity contribution is 6.00. The van der Waals surface area contributed by atoms with E-state index in [9.17, 15) is 23.2 Å². The van der Waals surface area contributed by atoms with Crippen LogP contribution in [0.15, 0.2) is 0 Å². The summed E-state index contributed by atoms with van der Waals surface area (Å²) >= 11 is 0. The second kappa shape index (κ2) is 3.69. The summed E-state index contributed by atoms with van der Waals surface area (Å²) < 4.78 is 31.1. The van der Waals surface area contributed by atoms with Crippen LogP contribution in [-0.4, -0.2) is 54.0 Å². The number of alkyl halides is 2. The molecule has 16 heavy (non-hydrogen) atoms. The molecule has 1 aliphatic heterocycles. The van der Waals surface area contributed by atoms with Crippen molar-refractivity contribution in [3.05, 3.63) is 0 Å². The fourth-order valence-electron chi connectivity index (χ4n) is 1.31. The Kier molecular flexibility index (Phi) is 2.85. The molecule has 1 unspecified atom stereocenters. The predicted octanol–water partition coefficient (Wildman–Crippen LogP) is 0.0347. The molecule has 8 heteroatoms. The third-order valence-corrected chi connectivity index (χ3v) is 2.12. The van der Waals surface area contributed by atoms with E-state index in [0.717, 1.165) is 21.0 Å². The number of hydrogen-bond donors (Lipinski definition) is 0. The first-order chi connectivity index (χ1) is 7.19. The fraction of sp³-hybridized carbons (Fsp3) is 0.625. The first-order valence-corrected chi connectivity index (χ1v) is 4.29. The molecule has 6 nitrogen and oxygen atoms in total. The van der Waals surface area contributed by atoms with E-state index in [-0.39, 0.29) is 4.90 Å². The number of ether oxygens (including phenoxy) is 1. The smallest absolute Gasteiger partial charge is 0.379 e. The van der Waals surface area contributed by atoms with Crippen molar-refractivity contribution in [2.75, 3.05) is 14.1 Å². The van der Waals surface area contributed by atoms with Gasteiger partial charge in [-0.3, -0.25) is 19.4 Å². The van der Waals surface area contributed by atoms with E-state index in [1.54, 1.807) is 0 Å². The molecule has 0 bridgehead atoms. The van der Waals surface area contributed by atoms with Crippen LogP contribution in [-0.2, 0) is 14.3 Å². The van der Waals surface area contributed by atoms with Gasteiger partial charge in [0.15, 0.2) is 0 Å². The van der Waals surface area contributed by atoms with Gasteiger partial charge in [-0.25, -0.2) is 4.79 Å². The summed E-state index contributed by atoms with van der Waals surface area (Å²) in [6.07, 6.45) is -2.19. The first kappa shape index (κ1) is 12.3. The van der Waals surface area contributed by atoms with Crippen LogP contribution >= 0.6 is 0 Å². The number of hydrogen-bond acceptors (Lipinski definition) is 4. The molecule has 1 aliphatic rings. The van der Waals surface area contributed by atoms with Crippen LogP contribution in [0, 0.1) is 0 Å². The molecular formula is C8H10F2N2O4. The van der Waals surface area contributed by atoms with E-state index >= 15 is 0 Å². The van der Waals surface area contributed by atoms with Crippen molar-refractivity contribution in [2.45, 2.75) is 19.1 Å². The van der Waals surface area contributed by atoms with E-state index in [0.29, 0.717) is 4.90 Å². The summed E-state index contributed by atoms with van der Waals surface area (Å²) in [7, 11) is 1.95. The summed E-state index contributed by atoms with van der Waals surface area (Å²) in [5.74, 6) is -6.63. The van der Waals surface area contributed by atoms with Gasteiger partial charge in [-0.15, -0.1) is 0 Å². The maximum Gasteiger partial charge on any atom is 0.379 e. The number of esters is 1. The molecule has 0 radical (unpaired) electrons. The van der Waals surface area contributed by atoms with Gasteiger partial charge in [0, 0.05) is 21.0 Å². The molecule has 0 aromatic rings. The van der Waals surface area contributed by atoms with Crippen molar-refractivity contribution in [1.29, 1.82) is 0 Å². The third kappa shape index (κ3) is 1.70. The molecule has 1 heterocycles. The van der Waals surface area contributed by atoms with E-state index in [2.05, 4.69) is 4.74 Å². The van der Waals surface area contributed by atoms with E-state index in [4.69, 9.17) is 0 Å². The number of halogens is 2. The molecule has 0 aromatic heterocycles. The Labute approximate surface area is 89.7 Å². The van der Waals surface area contributed by atoms with Crippen LogP contribution < -0.4 is 0 Å². The van der Waals surface area contributed by atoms with Crippen LogP contribution in [0.1, 0.15) is 6.92 Å². The first-order valence-electron chi connectivity index (χ1n) is 4.29. The highest BCUT2D eigenvalue weighted by atomic mass is 19.3. The van der Waals surface area contributed by atoms with Crippen molar-refractivity contribution in [1.82, 2.24) is 9.80 Å². The number of urea groups is 1. The van der Waals surface area contributed by atoms with Crippen molar-refractivity contribution < 1.29 is 27.9 Å². The topological polar surface area (TPSA) is 66.9 Å². The van der Waals surface area contributed by atoms with Crippen LogP contribution in [0.3, 0.4) is 0 Å². The van der Waals surface area contributed by atoms with Crippen LogP contribution in [0.4, 0.5) is 13.6 Å². The van der Waals surface area contributed by atoms with Gasteiger partial charge in [-0.05, 0) is 0 Å². The van der Waals surface area contributed by atoms with Gasteiger partial charge in [-0.2, -0.15) is 8.78 Å². The fourth-order valence-corrected chi connectivity index (χ4v) is 1.31. The van der Waals surface area contributed by atoms with Crippen molar-refractivity contribution in [2.24, 2.45) is 0 Å². The summed E-state index contributed by atoms with van der Waals surface area (Å²) in [5.41, 5.74) is 0. The lowest BCUT2D eigenvalue weighted by Crippen LogP contribution is -2.66. The van der Waals surface area contributed by atoms with Gasteiger partial charge in [0.1, 0.15) is 0 Å². The van der Waals surface area contributed by atoms with E-state index in [1.165, 1.54) is 0 Å². The number of carbonyl (C=O) groups excluding carboxylic acids is 3. The van der Waals surface area contributed by atoms with Crippen LogP contribution in [0.5, 0.6) is 0 Å². The summed E-state index contributed by atoms with van der Waals surface area (Å²) in [6, 6.07) is -0.956.